The third-order valence-electron chi connectivity index (χ3n) is 3.58. The number of aryl methyl sites for hydroxylation is 2. The molecule has 0 fully saturated rings. The molecule has 9 nitrogen and oxygen atoms in total. The summed E-state index contributed by atoms with van der Waals surface area (Å²) in [6.07, 6.45) is 0. The average Bonchev–Trinajstić information content (AvgIpc) is 2.96. The zero-order valence-electron chi connectivity index (χ0n) is 15.3. The Bertz CT molecular complexity index is 811. The molecule has 0 aliphatic rings. The predicted molar refractivity (Wildman–Crippen MR) is 94.2 cm³/mol. The molecule has 0 unspecified atom stereocenters. The van der Waals surface area contributed by atoms with E-state index in [0.29, 0.717) is 23.7 Å². The first-order valence-electron chi connectivity index (χ1n) is 8.30. The van der Waals surface area contributed by atoms with Crippen molar-refractivity contribution in [3.05, 3.63) is 46.8 Å². The van der Waals surface area contributed by atoms with Crippen LogP contribution in [-0.4, -0.2) is 36.2 Å². The van der Waals surface area contributed by atoms with E-state index in [-0.39, 0.29) is 12.2 Å². The number of ether oxygens (including phenoxy) is 2. The second kappa shape index (κ2) is 9.37. The fourth-order valence-electron chi connectivity index (χ4n) is 2.20. The Morgan fingerprint density at radius 3 is 2.59 bits per heavy atom. The van der Waals surface area contributed by atoms with Gasteiger partial charge in [-0.25, -0.2) is 9.59 Å². The lowest BCUT2D eigenvalue weighted by Gasteiger charge is -2.11. The number of hydrogen-bond donors (Lipinski definition) is 2. The summed E-state index contributed by atoms with van der Waals surface area (Å²) in [6.45, 7) is 5.23. The number of carbonyl (C=O) groups excluding carboxylic acids is 3. The number of nitrogens with one attached hydrogen (secondary N) is 2. The minimum atomic E-state index is -0.740. The standard InChI is InChI=1S/C18H21N3O6/c1-4-19-18(24)20-16(22)10-26-17(23)13-7-5-6-8-15(13)25-9-14-11(2)21-27-12(14)3/h5-8H,4,9-10H2,1-3H3,(H2,19,20,22,24). The molecule has 3 amide bonds. The highest BCUT2D eigenvalue weighted by atomic mass is 16.5. The maximum atomic E-state index is 12.3. The van der Waals surface area contributed by atoms with Crippen LogP contribution >= 0.6 is 0 Å². The highest BCUT2D eigenvalue weighted by Crippen LogP contribution is 2.22. The van der Waals surface area contributed by atoms with Crippen LogP contribution in [0.1, 0.15) is 34.3 Å². The van der Waals surface area contributed by atoms with Crippen molar-refractivity contribution in [2.45, 2.75) is 27.4 Å². The van der Waals surface area contributed by atoms with Gasteiger partial charge in [0.25, 0.3) is 5.91 Å². The minimum absolute atomic E-state index is 0.162. The number of benzene rings is 1. The number of esters is 1. The van der Waals surface area contributed by atoms with E-state index in [0.717, 1.165) is 5.56 Å². The number of para-hydroxylation sites is 1. The Morgan fingerprint density at radius 2 is 1.93 bits per heavy atom. The van der Waals surface area contributed by atoms with E-state index in [1.807, 2.05) is 5.32 Å². The Morgan fingerprint density at radius 1 is 1.19 bits per heavy atom. The van der Waals surface area contributed by atoms with Gasteiger partial charge < -0.3 is 19.3 Å². The summed E-state index contributed by atoms with van der Waals surface area (Å²) in [5.74, 6) is -0.542. The number of nitrogens with zero attached hydrogens (tertiary/aromatic N) is 1. The first-order valence-corrected chi connectivity index (χ1v) is 8.30. The molecule has 9 heteroatoms. The monoisotopic (exact) mass is 375 g/mol. The van der Waals surface area contributed by atoms with Gasteiger partial charge in [-0.1, -0.05) is 17.3 Å². The molecule has 27 heavy (non-hydrogen) atoms. The molecule has 144 valence electrons. The molecule has 0 saturated carbocycles. The van der Waals surface area contributed by atoms with Crippen LogP contribution < -0.4 is 15.4 Å². The highest BCUT2D eigenvalue weighted by molar-refractivity contribution is 5.97. The van der Waals surface area contributed by atoms with Crippen LogP contribution in [0.5, 0.6) is 5.75 Å². The largest absolute Gasteiger partial charge is 0.488 e. The summed E-state index contributed by atoms with van der Waals surface area (Å²) in [7, 11) is 0. The molecule has 0 aliphatic heterocycles. The van der Waals surface area contributed by atoms with Crippen LogP contribution in [0.25, 0.3) is 0 Å². The molecule has 0 bridgehead atoms. The number of imide groups is 1. The fourth-order valence-corrected chi connectivity index (χ4v) is 2.20. The van der Waals surface area contributed by atoms with Crippen molar-refractivity contribution < 1.29 is 28.4 Å². The molecule has 1 aromatic heterocycles. The van der Waals surface area contributed by atoms with Crippen LogP contribution in [0.15, 0.2) is 28.8 Å². The maximum Gasteiger partial charge on any atom is 0.342 e. The normalized spacial score (nSPS) is 10.2. The summed E-state index contributed by atoms with van der Waals surface area (Å²) < 4.78 is 15.7. The van der Waals surface area contributed by atoms with Crippen LogP contribution in [0.2, 0.25) is 0 Å². The van der Waals surface area contributed by atoms with Crippen molar-refractivity contribution in [3.63, 3.8) is 0 Å². The van der Waals surface area contributed by atoms with Crippen molar-refractivity contribution in [1.82, 2.24) is 15.8 Å². The fraction of sp³-hybridized carbons (Fsp3) is 0.333. The van der Waals surface area contributed by atoms with Gasteiger partial charge in [-0.3, -0.25) is 10.1 Å². The van der Waals surface area contributed by atoms with E-state index in [9.17, 15) is 14.4 Å². The van der Waals surface area contributed by atoms with E-state index in [1.54, 1.807) is 39.0 Å². The molecule has 0 saturated heterocycles. The number of urea groups is 1. The summed E-state index contributed by atoms with van der Waals surface area (Å²) in [5.41, 5.74) is 1.66. The molecule has 0 spiro atoms. The summed E-state index contributed by atoms with van der Waals surface area (Å²) >= 11 is 0. The molecule has 0 aliphatic carbocycles. The first-order chi connectivity index (χ1) is 12.9. The lowest BCUT2D eigenvalue weighted by atomic mass is 10.2. The second-order valence-corrected chi connectivity index (χ2v) is 5.57. The van der Waals surface area contributed by atoms with Crippen molar-refractivity contribution in [1.29, 1.82) is 0 Å². The van der Waals surface area contributed by atoms with E-state index in [2.05, 4.69) is 10.5 Å². The Balaban J connectivity index is 1.97. The minimum Gasteiger partial charge on any atom is -0.488 e. The zero-order valence-corrected chi connectivity index (χ0v) is 15.3. The van der Waals surface area contributed by atoms with Crippen LogP contribution in [0, 0.1) is 13.8 Å². The van der Waals surface area contributed by atoms with Gasteiger partial charge in [0.2, 0.25) is 0 Å². The summed E-state index contributed by atoms with van der Waals surface area (Å²) in [5, 5.41) is 8.29. The predicted octanol–water partition coefficient (Wildman–Crippen LogP) is 1.87. The van der Waals surface area contributed by atoms with Gasteiger partial charge in [0.15, 0.2) is 6.61 Å². The van der Waals surface area contributed by atoms with Gasteiger partial charge in [0.1, 0.15) is 23.7 Å². The maximum absolute atomic E-state index is 12.3. The van der Waals surface area contributed by atoms with E-state index < -0.39 is 24.5 Å². The molecule has 0 radical (unpaired) electrons. The van der Waals surface area contributed by atoms with Crippen LogP contribution in [-0.2, 0) is 16.1 Å². The smallest absolute Gasteiger partial charge is 0.342 e. The number of aromatic nitrogens is 1. The van der Waals surface area contributed by atoms with E-state index in [4.69, 9.17) is 14.0 Å². The third kappa shape index (κ3) is 5.56. The summed E-state index contributed by atoms with van der Waals surface area (Å²) in [4.78, 5) is 35.1. The van der Waals surface area contributed by atoms with E-state index >= 15 is 0 Å². The SMILES string of the molecule is CCNC(=O)NC(=O)COC(=O)c1ccccc1OCc1c(C)noc1C. The van der Waals surface area contributed by atoms with Crippen molar-refractivity contribution in [2.75, 3.05) is 13.2 Å². The zero-order chi connectivity index (χ0) is 19.8. The Hall–Kier alpha value is -3.36. The van der Waals surface area contributed by atoms with Gasteiger partial charge >= 0.3 is 12.0 Å². The van der Waals surface area contributed by atoms with Gasteiger partial charge in [-0.05, 0) is 32.9 Å². The summed E-state index contributed by atoms with van der Waals surface area (Å²) in [6, 6.07) is 5.84. The van der Waals surface area contributed by atoms with Gasteiger partial charge in [0, 0.05) is 6.54 Å². The average molecular weight is 375 g/mol. The Kier molecular flexibility index (Phi) is 6.93. The van der Waals surface area contributed by atoms with Crippen LogP contribution in [0.4, 0.5) is 4.79 Å². The van der Waals surface area contributed by atoms with Crippen molar-refractivity contribution >= 4 is 17.9 Å². The molecule has 2 N–H and O–H groups in total. The molecular weight excluding hydrogens is 354 g/mol. The van der Waals surface area contributed by atoms with Gasteiger partial charge in [-0.2, -0.15) is 0 Å². The van der Waals surface area contributed by atoms with E-state index in [1.165, 1.54) is 6.07 Å². The van der Waals surface area contributed by atoms with Crippen molar-refractivity contribution in [3.8, 4) is 5.75 Å². The molecule has 0 atom stereocenters. The highest BCUT2D eigenvalue weighted by Gasteiger charge is 2.17. The molecule has 2 rings (SSSR count). The molecular formula is C18H21N3O6. The topological polar surface area (TPSA) is 120 Å². The van der Waals surface area contributed by atoms with Gasteiger partial charge in [0.05, 0.1) is 11.3 Å². The molecule has 2 aromatic rings. The number of amides is 3. The third-order valence-corrected chi connectivity index (χ3v) is 3.58. The lowest BCUT2D eigenvalue weighted by Crippen LogP contribution is -2.41. The quantitative estimate of drug-likeness (QED) is 0.709. The van der Waals surface area contributed by atoms with Crippen molar-refractivity contribution in [2.24, 2.45) is 0 Å². The number of carbonyl (C=O) groups is 3. The lowest BCUT2D eigenvalue weighted by molar-refractivity contribution is -0.123. The first kappa shape index (κ1) is 20.0. The van der Waals surface area contributed by atoms with Gasteiger partial charge in [-0.15, -0.1) is 0 Å². The number of rotatable bonds is 7. The van der Waals surface area contributed by atoms with Crippen LogP contribution in [0.3, 0.4) is 0 Å². The second-order valence-electron chi connectivity index (χ2n) is 5.57. The molecule has 1 aromatic carbocycles. The molecule has 1 heterocycles. The number of hydrogen-bond acceptors (Lipinski definition) is 7. The Labute approximate surface area is 156 Å².